The third-order valence-corrected chi connectivity index (χ3v) is 6.64. The number of carbonyl (C=O) groups excluding carboxylic acids is 1. The maximum atomic E-state index is 13.4. The number of rotatable bonds is 4. The molecule has 2 atom stereocenters. The summed E-state index contributed by atoms with van der Waals surface area (Å²) in [4.78, 5) is 23.0. The standard InChI is InChI=1S/C19H22F3N5O2S2/c1-9-14(10-4-5-24-13(6-10)18(2,3)19(20,21)22)31-16(25-9)26-17(29)27-8-11(28)7-12(27)15(23)30/h4-6,11-12,28H,7-8H2,1-3H3,(H2,23,30)(H,25,26,29)/t11-,12+/m1/s1. The van der Waals surface area contributed by atoms with Gasteiger partial charge in [0.2, 0.25) is 0 Å². The monoisotopic (exact) mass is 473 g/mol. The molecule has 0 spiro atoms. The Bertz CT molecular complexity index is 1010. The lowest BCUT2D eigenvalue weighted by atomic mass is 9.87. The molecule has 2 aromatic heterocycles. The number of thiazole rings is 1. The van der Waals surface area contributed by atoms with Crippen molar-refractivity contribution < 1.29 is 23.1 Å². The third-order valence-electron chi connectivity index (χ3n) is 5.25. The number of nitrogens with zero attached hydrogens (tertiary/aromatic N) is 3. The summed E-state index contributed by atoms with van der Waals surface area (Å²) in [6.07, 6.45) is -3.59. The summed E-state index contributed by atoms with van der Waals surface area (Å²) in [5.41, 5.74) is 4.51. The van der Waals surface area contributed by atoms with Crippen molar-refractivity contribution in [1.82, 2.24) is 14.9 Å². The van der Waals surface area contributed by atoms with Gasteiger partial charge in [0.25, 0.3) is 0 Å². The van der Waals surface area contributed by atoms with E-state index in [4.69, 9.17) is 18.0 Å². The van der Waals surface area contributed by atoms with Gasteiger partial charge in [0, 0.05) is 19.2 Å². The molecule has 31 heavy (non-hydrogen) atoms. The van der Waals surface area contributed by atoms with Crippen LogP contribution in [0.3, 0.4) is 0 Å². The first-order valence-electron chi connectivity index (χ1n) is 9.37. The van der Waals surface area contributed by atoms with E-state index in [-0.39, 0.29) is 28.8 Å². The van der Waals surface area contributed by atoms with Crippen molar-refractivity contribution in [1.29, 1.82) is 0 Å². The van der Waals surface area contributed by atoms with E-state index in [1.165, 1.54) is 17.2 Å². The van der Waals surface area contributed by atoms with Gasteiger partial charge < -0.3 is 15.7 Å². The second-order valence-corrected chi connectivity index (χ2v) is 9.35. The zero-order chi connectivity index (χ0) is 23.1. The molecule has 168 valence electrons. The van der Waals surface area contributed by atoms with E-state index in [2.05, 4.69) is 15.3 Å². The molecular weight excluding hydrogens is 451 g/mol. The molecule has 0 bridgehead atoms. The maximum Gasteiger partial charge on any atom is 0.399 e. The van der Waals surface area contributed by atoms with Crippen molar-refractivity contribution in [3.05, 3.63) is 29.7 Å². The molecule has 3 rings (SSSR count). The molecule has 0 saturated carbocycles. The second-order valence-electron chi connectivity index (χ2n) is 7.88. The summed E-state index contributed by atoms with van der Waals surface area (Å²) < 4.78 is 40.2. The van der Waals surface area contributed by atoms with E-state index in [0.29, 0.717) is 16.1 Å². The molecule has 1 aliphatic rings. The minimum atomic E-state index is -4.46. The van der Waals surface area contributed by atoms with Gasteiger partial charge in [-0.2, -0.15) is 13.2 Å². The first kappa shape index (κ1) is 23.4. The number of thiocarbonyl (C=S) groups is 1. The second kappa shape index (κ2) is 8.32. The van der Waals surface area contributed by atoms with Crippen LogP contribution >= 0.6 is 23.6 Å². The summed E-state index contributed by atoms with van der Waals surface area (Å²) >= 11 is 6.10. The smallest absolute Gasteiger partial charge is 0.392 e. The molecule has 4 N–H and O–H groups in total. The third kappa shape index (κ3) is 4.65. The summed E-state index contributed by atoms with van der Waals surface area (Å²) in [5, 5.41) is 12.8. The lowest BCUT2D eigenvalue weighted by Crippen LogP contribution is -2.44. The number of urea groups is 1. The number of anilines is 1. The fourth-order valence-electron chi connectivity index (χ4n) is 3.25. The highest BCUT2D eigenvalue weighted by Crippen LogP contribution is 2.41. The van der Waals surface area contributed by atoms with E-state index in [9.17, 15) is 23.1 Å². The normalized spacial score (nSPS) is 19.5. The number of aliphatic hydroxyl groups excluding tert-OH is 1. The van der Waals surface area contributed by atoms with Gasteiger partial charge in [-0.05, 0) is 38.5 Å². The Hall–Kier alpha value is -2.31. The van der Waals surface area contributed by atoms with Crippen LogP contribution < -0.4 is 11.1 Å². The first-order chi connectivity index (χ1) is 14.3. The van der Waals surface area contributed by atoms with Crippen LogP contribution in [-0.2, 0) is 5.41 Å². The number of pyridine rings is 1. The van der Waals surface area contributed by atoms with E-state index in [1.807, 2.05) is 0 Å². The quantitative estimate of drug-likeness (QED) is 0.586. The number of hydrogen-bond donors (Lipinski definition) is 3. The number of nitrogens with one attached hydrogen (secondary N) is 1. The van der Waals surface area contributed by atoms with Crippen LogP contribution in [0.25, 0.3) is 10.4 Å². The van der Waals surface area contributed by atoms with Gasteiger partial charge in [0.1, 0.15) is 5.41 Å². The van der Waals surface area contributed by atoms with E-state index in [0.717, 1.165) is 25.2 Å². The highest BCUT2D eigenvalue weighted by atomic mass is 32.1. The molecule has 0 radical (unpaired) electrons. The molecule has 7 nitrogen and oxygen atoms in total. The molecule has 2 amide bonds. The van der Waals surface area contributed by atoms with E-state index in [1.54, 1.807) is 13.0 Å². The zero-order valence-corrected chi connectivity index (χ0v) is 18.7. The Morgan fingerprint density at radius 3 is 2.71 bits per heavy atom. The SMILES string of the molecule is Cc1nc(NC(=O)N2C[C@H](O)C[C@H]2C(N)=S)sc1-c1ccnc(C(C)(C)C(F)(F)F)c1. The molecule has 0 aromatic carbocycles. The van der Waals surface area contributed by atoms with Crippen molar-refractivity contribution in [2.45, 2.75) is 50.9 Å². The largest absolute Gasteiger partial charge is 0.399 e. The number of aromatic nitrogens is 2. The molecule has 2 aromatic rings. The topological polar surface area (TPSA) is 104 Å². The average molecular weight is 474 g/mol. The van der Waals surface area contributed by atoms with Crippen molar-refractivity contribution in [3.8, 4) is 10.4 Å². The number of alkyl halides is 3. The summed E-state index contributed by atoms with van der Waals surface area (Å²) in [7, 11) is 0. The number of β-amino-alcohol motifs (C(OH)–C–C–N with tert-alkyl or cyclic N) is 1. The zero-order valence-electron chi connectivity index (χ0n) is 17.0. The minimum absolute atomic E-state index is 0.0886. The fourth-order valence-corrected chi connectivity index (χ4v) is 4.42. The van der Waals surface area contributed by atoms with Crippen molar-refractivity contribution in [3.63, 3.8) is 0 Å². The number of hydrogen-bond acceptors (Lipinski definition) is 6. The van der Waals surface area contributed by atoms with Crippen molar-refractivity contribution >= 4 is 39.7 Å². The number of nitrogens with two attached hydrogens (primary N) is 1. The Morgan fingerprint density at radius 2 is 2.10 bits per heavy atom. The van der Waals surface area contributed by atoms with Crippen LogP contribution in [0.5, 0.6) is 0 Å². The van der Waals surface area contributed by atoms with Crippen LogP contribution in [-0.4, -0.2) is 55.9 Å². The Morgan fingerprint density at radius 1 is 1.42 bits per heavy atom. The fraction of sp³-hybridized carbons (Fsp3) is 0.474. The highest BCUT2D eigenvalue weighted by Gasteiger charge is 2.49. The number of aliphatic hydroxyl groups is 1. The number of aryl methyl sites for hydroxylation is 1. The van der Waals surface area contributed by atoms with Crippen LogP contribution in [0.1, 0.15) is 31.7 Å². The number of likely N-dealkylation sites (tertiary alicyclic amines) is 1. The summed E-state index contributed by atoms with van der Waals surface area (Å²) in [6, 6.07) is 1.92. The maximum absolute atomic E-state index is 13.4. The summed E-state index contributed by atoms with van der Waals surface area (Å²) in [6.45, 7) is 3.94. The van der Waals surface area contributed by atoms with Crippen LogP contribution in [0, 0.1) is 6.92 Å². The van der Waals surface area contributed by atoms with Crippen LogP contribution in [0.2, 0.25) is 0 Å². The number of carbonyl (C=O) groups is 1. The number of halogens is 3. The molecule has 12 heteroatoms. The Kier molecular flexibility index (Phi) is 6.27. The van der Waals surface area contributed by atoms with Crippen molar-refractivity contribution in [2.24, 2.45) is 5.73 Å². The summed E-state index contributed by atoms with van der Waals surface area (Å²) in [5.74, 6) is 0. The molecule has 0 aliphatic carbocycles. The predicted molar refractivity (Wildman–Crippen MR) is 116 cm³/mol. The van der Waals surface area contributed by atoms with Gasteiger partial charge in [-0.15, -0.1) is 0 Å². The lowest BCUT2D eigenvalue weighted by Gasteiger charge is -2.27. The molecule has 1 aliphatic heterocycles. The Labute approximate surface area is 186 Å². The number of amides is 2. The predicted octanol–water partition coefficient (Wildman–Crippen LogP) is 3.61. The van der Waals surface area contributed by atoms with Crippen molar-refractivity contribution in [2.75, 3.05) is 11.9 Å². The Balaban J connectivity index is 1.84. The van der Waals surface area contributed by atoms with Gasteiger partial charge in [0.05, 0.1) is 33.4 Å². The molecular formula is C19H22F3N5O2S2. The highest BCUT2D eigenvalue weighted by molar-refractivity contribution is 7.80. The van der Waals surface area contributed by atoms with E-state index < -0.39 is 29.8 Å². The van der Waals surface area contributed by atoms with Crippen LogP contribution in [0.15, 0.2) is 18.3 Å². The molecule has 0 unspecified atom stereocenters. The molecule has 1 fully saturated rings. The first-order valence-corrected chi connectivity index (χ1v) is 10.6. The lowest BCUT2D eigenvalue weighted by molar-refractivity contribution is -0.181. The van der Waals surface area contributed by atoms with E-state index >= 15 is 0 Å². The molecule has 1 saturated heterocycles. The van der Waals surface area contributed by atoms with Gasteiger partial charge in [-0.3, -0.25) is 10.3 Å². The van der Waals surface area contributed by atoms with Gasteiger partial charge in [0.15, 0.2) is 5.13 Å². The average Bonchev–Trinajstić information content (AvgIpc) is 3.23. The van der Waals surface area contributed by atoms with Gasteiger partial charge >= 0.3 is 12.2 Å². The minimum Gasteiger partial charge on any atom is -0.392 e. The van der Waals surface area contributed by atoms with Gasteiger partial charge in [-0.25, -0.2) is 9.78 Å². The van der Waals surface area contributed by atoms with Crippen LogP contribution in [0.4, 0.5) is 23.1 Å². The molecule has 3 heterocycles. The van der Waals surface area contributed by atoms with Gasteiger partial charge in [-0.1, -0.05) is 23.6 Å².